The number of nitrogens with one attached hydrogen (secondary N) is 1. The van der Waals surface area contributed by atoms with Gasteiger partial charge >= 0.3 is 0 Å². The Bertz CT molecular complexity index is 1210. The highest BCUT2D eigenvalue weighted by Gasteiger charge is 2.25. The fraction of sp³-hybridized carbons (Fsp3) is 0.0833. The van der Waals surface area contributed by atoms with E-state index in [0.29, 0.717) is 0 Å². The van der Waals surface area contributed by atoms with E-state index in [0.717, 1.165) is 44.5 Å². The predicted octanol–water partition coefficient (Wildman–Crippen LogP) is 5.98. The number of methoxy groups -OCH3 is 1. The highest BCUT2D eigenvalue weighted by Crippen LogP contribution is 2.38. The quantitative estimate of drug-likeness (QED) is 0.372. The molecule has 0 saturated carbocycles. The van der Waals surface area contributed by atoms with E-state index < -0.39 is 0 Å². The molecule has 5 rings (SSSR count). The van der Waals surface area contributed by atoms with Crippen molar-refractivity contribution in [1.29, 1.82) is 0 Å². The number of aromatic amines is 1. The second-order valence-corrected chi connectivity index (χ2v) is 7.76. The molecule has 0 aliphatic heterocycles. The zero-order valence-corrected chi connectivity index (χ0v) is 17.1. The standard InChI is InChI=1S/C24H19N3O2S/c1-28-19-10-8-17(9-11-19)16-4-6-18(7-5-16)22(24-25-12-14-30-24)20-15-26-27-23(20)21-3-2-13-29-21/h2-15,22H,1H3,(H,26,27). The van der Waals surface area contributed by atoms with Gasteiger partial charge in [0.25, 0.3) is 0 Å². The number of furan rings is 1. The predicted molar refractivity (Wildman–Crippen MR) is 118 cm³/mol. The zero-order valence-electron chi connectivity index (χ0n) is 16.3. The maximum absolute atomic E-state index is 5.62. The van der Waals surface area contributed by atoms with Crippen LogP contribution in [0.5, 0.6) is 5.75 Å². The Morgan fingerprint density at radius 3 is 2.40 bits per heavy atom. The number of thiazole rings is 1. The van der Waals surface area contributed by atoms with E-state index in [2.05, 4.69) is 51.6 Å². The Balaban J connectivity index is 1.54. The van der Waals surface area contributed by atoms with Crippen LogP contribution in [0, 0.1) is 0 Å². The molecule has 3 heterocycles. The van der Waals surface area contributed by atoms with E-state index >= 15 is 0 Å². The number of H-pyrrole nitrogens is 1. The molecule has 6 heteroatoms. The van der Waals surface area contributed by atoms with Crippen molar-refractivity contribution in [2.24, 2.45) is 0 Å². The van der Waals surface area contributed by atoms with E-state index in [1.54, 1.807) is 24.7 Å². The van der Waals surface area contributed by atoms with Crippen LogP contribution in [-0.2, 0) is 0 Å². The Hall–Kier alpha value is -3.64. The summed E-state index contributed by atoms with van der Waals surface area (Å²) in [4.78, 5) is 4.60. The summed E-state index contributed by atoms with van der Waals surface area (Å²) in [7, 11) is 1.68. The first-order valence-corrected chi connectivity index (χ1v) is 10.4. The molecule has 5 aromatic rings. The molecule has 3 aromatic heterocycles. The third kappa shape index (κ3) is 3.42. The van der Waals surface area contributed by atoms with Crippen LogP contribution in [0.1, 0.15) is 22.1 Å². The van der Waals surface area contributed by atoms with Crippen molar-refractivity contribution in [3.63, 3.8) is 0 Å². The average Bonchev–Trinajstić information content (AvgIpc) is 3.57. The summed E-state index contributed by atoms with van der Waals surface area (Å²) in [6, 6.07) is 20.5. The van der Waals surface area contributed by atoms with Gasteiger partial charge in [0.05, 0.1) is 25.5 Å². The number of rotatable bonds is 6. The number of benzene rings is 2. The Morgan fingerprint density at radius 2 is 1.77 bits per heavy atom. The fourth-order valence-electron chi connectivity index (χ4n) is 3.62. The van der Waals surface area contributed by atoms with E-state index in [1.807, 2.05) is 42.0 Å². The molecule has 0 fully saturated rings. The number of aromatic nitrogens is 3. The molecule has 0 aliphatic carbocycles. The van der Waals surface area contributed by atoms with E-state index in [-0.39, 0.29) is 5.92 Å². The second kappa shape index (κ2) is 8.00. The van der Waals surface area contributed by atoms with Gasteiger partial charge in [-0.15, -0.1) is 11.3 Å². The number of nitrogens with zero attached hydrogens (tertiary/aromatic N) is 2. The number of hydrogen-bond donors (Lipinski definition) is 1. The monoisotopic (exact) mass is 413 g/mol. The first-order chi connectivity index (χ1) is 14.8. The maximum atomic E-state index is 5.62. The van der Waals surface area contributed by atoms with Crippen molar-refractivity contribution in [3.05, 3.63) is 101 Å². The Morgan fingerprint density at radius 1 is 1.00 bits per heavy atom. The van der Waals surface area contributed by atoms with Crippen LogP contribution in [-0.4, -0.2) is 22.3 Å². The smallest absolute Gasteiger partial charge is 0.151 e. The van der Waals surface area contributed by atoms with Crippen LogP contribution in [0.4, 0.5) is 0 Å². The topological polar surface area (TPSA) is 63.9 Å². The van der Waals surface area contributed by atoms with Gasteiger partial charge in [0.1, 0.15) is 16.5 Å². The molecule has 1 N–H and O–H groups in total. The fourth-order valence-corrected chi connectivity index (χ4v) is 4.40. The molecule has 1 unspecified atom stereocenters. The molecule has 0 amide bonds. The van der Waals surface area contributed by atoms with Gasteiger partial charge in [-0.05, 0) is 41.0 Å². The van der Waals surface area contributed by atoms with Crippen molar-refractivity contribution in [1.82, 2.24) is 15.2 Å². The summed E-state index contributed by atoms with van der Waals surface area (Å²) in [6.07, 6.45) is 5.37. The zero-order chi connectivity index (χ0) is 20.3. The SMILES string of the molecule is COc1ccc(-c2ccc(C(c3nccs3)c3cn[nH]c3-c3ccco3)cc2)cc1. The van der Waals surface area contributed by atoms with Gasteiger partial charge in [0.15, 0.2) is 5.76 Å². The van der Waals surface area contributed by atoms with Crippen LogP contribution in [0.25, 0.3) is 22.6 Å². The molecule has 1 atom stereocenters. The van der Waals surface area contributed by atoms with Crippen LogP contribution in [0.2, 0.25) is 0 Å². The maximum Gasteiger partial charge on any atom is 0.151 e. The van der Waals surface area contributed by atoms with Gasteiger partial charge in [-0.3, -0.25) is 5.10 Å². The molecular formula is C24H19N3O2S. The van der Waals surface area contributed by atoms with Crippen molar-refractivity contribution in [2.45, 2.75) is 5.92 Å². The molecular weight excluding hydrogens is 394 g/mol. The van der Waals surface area contributed by atoms with Crippen LogP contribution in [0.15, 0.2) is 89.1 Å². The lowest BCUT2D eigenvalue weighted by Crippen LogP contribution is -2.03. The minimum atomic E-state index is -0.0335. The van der Waals surface area contributed by atoms with E-state index in [4.69, 9.17) is 9.15 Å². The normalized spacial score (nSPS) is 12.0. The molecule has 5 nitrogen and oxygen atoms in total. The van der Waals surface area contributed by atoms with Gasteiger partial charge in [-0.25, -0.2) is 4.98 Å². The molecule has 0 radical (unpaired) electrons. The van der Waals surface area contributed by atoms with Crippen LogP contribution in [0.3, 0.4) is 0 Å². The molecule has 2 aromatic carbocycles. The highest BCUT2D eigenvalue weighted by molar-refractivity contribution is 7.09. The summed E-state index contributed by atoms with van der Waals surface area (Å²) in [6.45, 7) is 0. The minimum absolute atomic E-state index is 0.0335. The van der Waals surface area contributed by atoms with Gasteiger partial charge in [0.2, 0.25) is 0 Å². The molecule has 30 heavy (non-hydrogen) atoms. The van der Waals surface area contributed by atoms with E-state index in [1.165, 1.54) is 0 Å². The van der Waals surface area contributed by atoms with Gasteiger partial charge in [-0.2, -0.15) is 5.10 Å². The lowest BCUT2D eigenvalue weighted by Gasteiger charge is -2.16. The van der Waals surface area contributed by atoms with Crippen molar-refractivity contribution in [2.75, 3.05) is 7.11 Å². The summed E-state index contributed by atoms with van der Waals surface area (Å²) in [5.41, 5.74) is 5.36. The van der Waals surface area contributed by atoms with Crippen molar-refractivity contribution < 1.29 is 9.15 Å². The van der Waals surface area contributed by atoms with Gasteiger partial charge in [-0.1, -0.05) is 36.4 Å². The largest absolute Gasteiger partial charge is 0.497 e. The van der Waals surface area contributed by atoms with E-state index in [9.17, 15) is 0 Å². The Labute approximate surface area is 178 Å². The highest BCUT2D eigenvalue weighted by atomic mass is 32.1. The van der Waals surface area contributed by atoms with Crippen LogP contribution >= 0.6 is 11.3 Å². The number of hydrogen-bond acceptors (Lipinski definition) is 5. The molecule has 0 saturated heterocycles. The lowest BCUT2D eigenvalue weighted by atomic mass is 9.90. The summed E-state index contributed by atoms with van der Waals surface area (Å²) >= 11 is 1.64. The third-order valence-electron chi connectivity index (χ3n) is 5.11. The molecule has 0 aliphatic rings. The van der Waals surface area contributed by atoms with Crippen LogP contribution < -0.4 is 4.74 Å². The van der Waals surface area contributed by atoms with Crippen molar-refractivity contribution in [3.8, 4) is 28.3 Å². The lowest BCUT2D eigenvalue weighted by molar-refractivity contribution is 0.415. The first-order valence-electron chi connectivity index (χ1n) is 9.54. The minimum Gasteiger partial charge on any atom is -0.497 e. The molecule has 148 valence electrons. The van der Waals surface area contributed by atoms with Gasteiger partial charge in [0, 0.05) is 17.1 Å². The summed E-state index contributed by atoms with van der Waals surface area (Å²) in [5.74, 6) is 1.58. The third-order valence-corrected chi connectivity index (χ3v) is 5.95. The second-order valence-electron chi connectivity index (χ2n) is 6.83. The molecule has 0 bridgehead atoms. The molecule has 0 spiro atoms. The van der Waals surface area contributed by atoms with Crippen molar-refractivity contribution >= 4 is 11.3 Å². The summed E-state index contributed by atoms with van der Waals surface area (Å²) < 4.78 is 10.9. The Kier molecular flexibility index (Phi) is 4.91. The number of ether oxygens (including phenoxy) is 1. The van der Waals surface area contributed by atoms with Gasteiger partial charge < -0.3 is 9.15 Å². The summed E-state index contributed by atoms with van der Waals surface area (Å²) in [5, 5.41) is 10.4. The average molecular weight is 414 g/mol. The first kappa shape index (κ1) is 18.4.